The smallest absolute Gasteiger partial charge is 0.266 e. The van der Waals surface area contributed by atoms with Gasteiger partial charge in [0.15, 0.2) is 0 Å². The third kappa shape index (κ3) is 4.01. The molecule has 2 rings (SSSR count). The first-order valence-corrected chi connectivity index (χ1v) is 7.92. The lowest BCUT2D eigenvalue weighted by atomic mass is 10.2. The summed E-state index contributed by atoms with van der Waals surface area (Å²) in [6.45, 7) is 0.551. The molecule has 1 unspecified atom stereocenters. The maximum atomic E-state index is 11.9. The molecule has 1 heterocycles. The van der Waals surface area contributed by atoms with Crippen LogP contribution < -0.4 is 16.3 Å². The lowest BCUT2D eigenvalue weighted by molar-refractivity contribution is -0.155. The van der Waals surface area contributed by atoms with Crippen molar-refractivity contribution in [1.82, 2.24) is 5.01 Å². The van der Waals surface area contributed by atoms with E-state index < -0.39 is 27.9 Å². The molecule has 1 atom stereocenters. The van der Waals surface area contributed by atoms with Gasteiger partial charge < -0.3 is 10.1 Å². The number of amides is 2. The Balaban J connectivity index is 1.96. The van der Waals surface area contributed by atoms with Crippen LogP contribution in [0.5, 0.6) is 0 Å². The van der Waals surface area contributed by atoms with Crippen molar-refractivity contribution in [2.24, 2.45) is 11.0 Å². The van der Waals surface area contributed by atoms with E-state index in [0.29, 0.717) is 5.69 Å². The number of anilines is 1. The maximum Gasteiger partial charge on any atom is 0.266 e. The zero-order chi connectivity index (χ0) is 16.3. The Labute approximate surface area is 127 Å². The number of morpholine rings is 1. The van der Waals surface area contributed by atoms with Gasteiger partial charge in [-0.1, -0.05) is 0 Å². The molecular weight excluding hydrogens is 312 g/mol. The highest BCUT2D eigenvalue weighted by molar-refractivity contribution is 7.89. The number of hydrazine groups is 1. The van der Waals surface area contributed by atoms with Crippen molar-refractivity contribution in [1.29, 1.82) is 0 Å². The molecule has 0 aliphatic carbocycles. The fourth-order valence-corrected chi connectivity index (χ4v) is 2.43. The Morgan fingerprint density at radius 3 is 2.59 bits per heavy atom. The number of carbonyl (C=O) groups excluding carboxylic acids is 2. The van der Waals surface area contributed by atoms with E-state index in [0.717, 1.165) is 5.01 Å². The minimum Gasteiger partial charge on any atom is -0.366 e. The second-order valence-corrected chi connectivity index (χ2v) is 6.27. The zero-order valence-corrected chi connectivity index (χ0v) is 12.4. The second-order valence-electron chi connectivity index (χ2n) is 4.71. The molecule has 1 saturated heterocycles. The van der Waals surface area contributed by atoms with E-state index in [1.54, 1.807) is 0 Å². The number of hydrogen-bond donors (Lipinski definition) is 3. The standard InChI is InChI=1S/C12H16N4O5S/c13-16-5-6-21-10(12(16)18)7-11(17)15-8-1-3-9(4-2-8)22(14,19)20/h1-4,10H,5-7,13H2,(H,15,17)(H2,14,19,20). The highest BCUT2D eigenvalue weighted by atomic mass is 32.2. The molecule has 2 amide bonds. The van der Waals surface area contributed by atoms with Crippen molar-refractivity contribution in [2.45, 2.75) is 17.4 Å². The Hall–Kier alpha value is -2.01. The van der Waals surface area contributed by atoms with Gasteiger partial charge in [0.1, 0.15) is 6.10 Å². The number of ether oxygens (including phenoxy) is 1. The summed E-state index contributed by atoms with van der Waals surface area (Å²) in [6.07, 6.45) is -1.09. The van der Waals surface area contributed by atoms with Crippen LogP contribution >= 0.6 is 0 Å². The molecule has 22 heavy (non-hydrogen) atoms. The molecule has 0 radical (unpaired) electrons. The second kappa shape index (κ2) is 6.40. The maximum absolute atomic E-state index is 11.9. The van der Waals surface area contributed by atoms with Crippen molar-refractivity contribution in [3.8, 4) is 0 Å². The Bertz CT molecular complexity index is 673. The van der Waals surface area contributed by atoms with Crippen LogP contribution in [0.4, 0.5) is 5.69 Å². The van der Waals surface area contributed by atoms with Gasteiger partial charge in [0.05, 0.1) is 24.5 Å². The molecule has 0 aromatic heterocycles. The highest BCUT2D eigenvalue weighted by Crippen LogP contribution is 2.14. The number of nitrogens with zero attached hydrogens (tertiary/aromatic N) is 1. The van der Waals surface area contributed by atoms with Crippen LogP contribution in [0.25, 0.3) is 0 Å². The van der Waals surface area contributed by atoms with Crippen LogP contribution in [0.2, 0.25) is 0 Å². The van der Waals surface area contributed by atoms with Gasteiger partial charge in [-0.15, -0.1) is 0 Å². The fraction of sp³-hybridized carbons (Fsp3) is 0.333. The van der Waals surface area contributed by atoms with Crippen molar-refractivity contribution in [2.75, 3.05) is 18.5 Å². The number of primary sulfonamides is 1. The van der Waals surface area contributed by atoms with E-state index in [9.17, 15) is 18.0 Å². The van der Waals surface area contributed by atoms with Crippen LogP contribution in [-0.2, 0) is 24.3 Å². The molecule has 1 aromatic rings. The number of carbonyl (C=O) groups is 2. The predicted molar refractivity (Wildman–Crippen MR) is 76.7 cm³/mol. The van der Waals surface area contributed by atoms with E-state index in [2.05, 4.69) is 5.32 Å². The largest absolute Gasteiger partial charge is 0.366 e. The molecular formula is C12H16N4O5S. The molecule has 5 N–H and O–H groups in total. The number of rotatable bonds is 4. The number of sulfonamides is 1. The van der Waals surface area contributed by atoms with Gasteiger partial charge in [-0.2, -0.15) is 0 Å². The summed E-state index contributed by atoms with van der Waals surface area (Å²) >= 11 is 0. The van der Waals surface area contributed by atoms with Crippen LogP contribution in [0.3, 0.4) is 0 Å². The Morgan fingerprint density at radius 1 is 1.36 bits per heavy atom. The van der Waals surface area contributed by atoms with Crippen LogP contribution in [0.1, 0.15) is 6.42 Å². The summed E-state index contributed by atoms with van der Waals surface area (Å²) in [4.78, 5) is 23.5. The van der Waals surface area contributed by atoms with E-state index in [-0.39, 0.29) is 24.5 Å². The predicted octanol–water partition coefficient (Wildman–Crippen LogP) is -1.24. The van der Waals surface area contributed by atoms with Crippen molar-refractivity contribution in [3.63, 3.8) is 0 Å². The van der Waals surface area contributed by atoms with Crippen LogP contribution in [0, 0.1) is 0 Å². The van der Waals surface area contributed by atoms with Gasteiger partial charge in [-0.3, -0.25) is 14.6 Å². The molecule has 0 spiro atoms. The summed E-state index contributed by atoms with van der Waals surface area (Å²) in [7, 11) is -3.78. The minimum atomic E-state index is -3.78. The summed E-state index contributed by atoms with van der Waals surface area (Å²) in [6, 6.07) is 5.34. The third-order valence-electron chi connectivity index (χ3n) is 3.05. The number of benzene rings is 1. The van der Waals surface area contributed by atoms with Crippen molar-refractivity contribution in [3.05, 3.63) is 24.3 Å². The average molecular weight is 328 g/mol. The van der Waals surface area contributed by atoms with Crippen LogP contribution in [0.15, 0.2) is 29.2 Å². The topological polar surface area (TPSA) is 145 Å². The van der Waals surface area contributed by atoms with Gasteiger partial charge >= 0.3 is 0 Å². The normalized spacial score (nSPS) is 19.1. The molecule has 1 fully saturated rings. The SMILES string of the molecule is NN1CCOC(CC(=O)Nc2ccc(S(N)(=O)=O)cc2)C1=O. The number of hydrogen-bond acceptors (Lipinski definition) is 6. The lowest BCUT2D eigenvalue weighted by Crippen LogP contribution is -2.52. The molecule has 1 aliphatic heterocycles. The summed E-state index contributed by atoms with van der Waals surface area (Å²) < 4.78 is 27.4. The van der Waals surface area contributed by atoms with Crippen molar-refractivity contribution >= 4 is 27.5 Å². The minimum absolute atomic E-state index is 0.0601. The number of nitrogens with one attached hydrogen (secondary N) is 1. The highest BCUT2D eigenvalue weighted by Gasteiger charge is 2.29. The fourth-order valence-electron chi connectivity index (χ4n) is 1.91. The molecule has 0 bridgehead atoms. The third-order valence-corrected chi connectivity index (χ3v) is 3.98. The van der Waals surface area contributed by atoms with Gasteiger partial charge in [0, 0.05) is 5.69 Å². The van der Waals surface area contributed by atoms with Gasteiger partial charge in [0.2, 0.25) is 15.9 Å². The van der Waals surface area contributed by atoms with E-state index in [4.69, 9.17) is 15.7 Å². The summed E-state index contributed by atoms with van der Waals surface area (Å²) in [5.74, 6) is 4.56. The van der Waals surface area contributed by atoms with Gasteiger partial charge in [-0.25, -0.2) is 19.4 Å². The van der Waals surface area contributed by atoms with E-state index >= 15 is 0 Å². The molecule has 9 nitrogen and oxygen atoms in total. The zero-order valence-electron chi connectivity index (χ0n) is 11.6. The first kappa shape index (κ1) is 16.4. The number of nitrogens with two attached hydrogens (primary N) is 2. The first-order chi connectivity index (χ1) is 10.3. The lowest BCUT2D eigenvalue weighted by Gasteiger charge is -2.28. The van der Waals surface area contributed by atoms with Gasteiger partial charge in [0.25, 0.3) is 5.91 Å². The molecule has 1 aliphatic rings. The van der Waals surface area contributed by atoms with Gasteiger partial charge in [-0.05, 0) is 24.3 Å². The monoisotopic (exact) mass is 328 g/mol. The molecule has 0 saturated carbocycles. The van der Waals surface area contributed by atoms with Crippen LogP contribution in [-0.4, -0.2) is 44.5 Å². The molecule has 120 valence electrons. The molecule has 10 heteroatoms. The summed E-state index contributed by atoms with van der Waals surface area (Å²) in [5.41, 5.74) is 0.380. The first-order valence-electron chi connectivity index (χ1n) is 6.38. The Morgan fingerprint density at radius 2 is 2.00 bits per heavy atom. The average Bonchev–Trinajstić information content (AvgIpc) is 2.43. The van der Waals surface area contributed by atoms with E-state index in [1.807, 2.05) is 0 Å². The molecule has 1 aromatic carbocycles. The van der Waals surface area contributed by atoms with Crippen molar-refractivity contribution < 1.29 is 22.7 Å². The van der Waals surface area contributed by atoms with E-state index in [1.165, 1.54) is 24.3 Å². The summed E-state index contributed by atoms with van der Waals surface area (Å²) in [5, 5.41) is 8.53. The quantitative estimate of drug-likeness (QED) is 0.466. The Kier molecular flexibility index (Phi) is 4.76.